The van der Waals surface area contributed by atoms with Gasteiger partial charge in [-0.05, 0) is 67.4 Å². The van der Waals surface area contributed by atoms with Crippen LogP contribution in [0.3, 0.4) is 0 Å². The van der Waals surface area contributed by atoms with Gasteiger partial charge < -0.3 is 14.5 Å². The van der Waals surface area contributed by atoms with Crippen molar-refractivity contribution in [1.29, 1.82) is 0 Å². The van der Waals surface area contributed by atoms with E-state index in [4.69, 9.17) is 9.84 Å². The minimum absolute atomic E-state index is 0.0261. The highest BCUT2D eigenvalue weighted by atomic mass is 79.9. The van der Waals surface area contributed by atoms with Crippen LogP contribution in [0.25, 0.3) is 11.4 Å². The van der Waals surface area contributed by atoms with Crippen LogP contribution < -0.4 is 9.80 Å². The van der Waals surface area contributed by atoms with Crippen molar-refractivity contribution >= 4 is 27.3 Å². The molecule has 1 aromatic heterocycles. The van der Waals surface area contributed by atoms with Crippen molar-refractivity contribution in [2.45, 2.75) is 39.0 Å². The highest BCUT2D eigenvalue weighted by Crippen LogP contribution is 2.26. The molecule has 0 radical (unpaired) electrons. The van der Waals surface area contributed by atoms with Gasteiger partial charge in [0.1, 0.15) is 6.33 Å². The summed E-state index contributed by atoms with van der Waals surface area (Å²) in [6.07, 6.45) is 2.78. The Morgan fingerprint density at radius 2 is 1.43 bits per heavy atom. The summed E-state index contributed by atoms with van der Waals surface area (Å²) < 4.78 is 9.25. The summed E-state index contributed by atoms with van der Waals surface area (Å²) >= 11 is 3.52. The molecule has 7 heteroatoms. The fourth-order valence-electron chi connectivity index (χ4n) is 4.91. The zero-order chi connectivity index (χ0) is 25.6. The molecule has 0 N–H and O–H groups in total. The number of nitrogens with zero attached hydrogens (tertiary/aromatic N) is 5. The van der Waals surface area contributed by atoms with Crippen LogP contribution >= 0.6 is 15.9 Å². The fourth-order valence-corrected chi connectivity index (χ4v) is 5.17. The second-order valence-corrected chi connectivity index (χ2v) is 10.4. The van der Waals surface area contributed by atoms with Gasteiger partial charge in [0.25, 0.3) is 0 Å². The van der Waals surface area contributed by atoms with E-state index in [1.807, 2.05) is 29.2 Å². The normalized spacial score (nSPS) is 15.5. The molecule has 4 aromatic rings. The molecule has 0 aliphatic carbocycles. The Morgan fingerprint density at radius 1 is 0.838 bits per heavy atom. The third-order valence-corrected chi connectivity index (χ3v) is 7.65. The Kier molecular flexibility index (Phi) is 8.21. The van der Waals surface area contributed by atoms with Gasteiger partial charge in [0.05, 0.1) is 18.8 Å². The first-order valence-corrected chi connectivity index (χ1v) is 13.8. The van der Waals surface area contributed by atoms with E-state index in [2.05, 4.69) is 105 Å². The predicted octanol–water partition coefficient (Wildman–Crippen LogP) is 6.59. The number of rotatable bonds is 9. The largest absolute Gasteiger partial charge is 0.372 e. The molecule has 0 spiro atoms. The molecule has 1 aliphatic heterocycles. The number of hydrogen-bond donors (Lipinski definition) is 0. The van der Waals surface area contributed by atoms with Gasteiger partial charge in [0, 0.05) is 47.6 Å². The summed E-state index contributed by atoms with van der Waals surface area (Å²) in [5.74, 6) is 0.750. The van der Waals surface area contributed by atoms with Crippen LogP contribution in [-0.4, -0.2) is 47.0 Å². The lowest BCUT2D eigenvalue weighted by Gasteiger charge is -2.37. The van der Waals surface area contributed by atoms with E-state index >= 15 is 0 Å². The van der Waals surface area contributed by atoms with Crippen LogP contribution in [0.1, 0.15) is 31.9 Å². The zero-order valence-corrected chi connectivity index (χ0v) is 23.1. The van der Waals surface area contributed by atoms with Crippen LogP contribution in [0.2, 0.25) is 0 Å². The van der Waals surface area contributed by atoms with Crippen LogP contribution in [0, 0.1) is 0 Å². The standard InChI is InChI=1S/C30H34BrN5O/c1-3-29(23(2)37-21-24-7-5-4-6-8-24)36-22-32-30(33-36)25-9-13-27(14-10-25)34-17-19-35(20-18-34)28-15-11-26(31)12-16-28/h4-16,22-23,29H,3,17-21H2,1-2H3/t23-,29-/m0/s1. The average molecular weight is 561 g/mol. The molecular weight excluding hydrogens is 526 g/mol. The van der Waals surface area contributed by atoms with Crippen molar-refractivity contribution in [2.24, 2.45) is 0 Å². The van der Waals surface area contributed by atoms with Crippen molar-refractivity contribution in [3.8, 4) is 11.4 Å². The summed E-state index contributed by atoms with van der Waals surface area (Å²) in [6, 6.07) is 27.6. The van der Waals surface area contributed by atoms with Gasteiger partial charge in [-0.3, -0.25) is 0 Å². The van der Waals surface area contributed by atoms with Gasteiger partial charge >= 0.3 is 0 Å². The van der Waals surface area contributed by atoms with Gasteiger partial charge in [-0.25, -0.2) is 9.67 Å². The predicted molar refractivity (Wildman–Crippen MR) is 154 cm³/mol. The first kappa shape index (κ1) is 25.5. The highest BCUT2D eigenvalue weighted by Gasteiger charge is 2.21. The van der Waals surface area contributed by atoms with E-state index in [0.717, 1.165) is 48.5 Å². The van der Waals surface area contributed by atoms with E-state index in [0.29, 0.717) is 6.61 Å². The average Bonchev–Trinajstić information content (AvgIpc) is 3.43. The molecule has 0 bridgehead atoms. The number of ether oxygens (including phenoxy) is 1. The minimum Gasteiger partial charge on any atom is -0.372 e. The zero-order valence-electron chi connectivity index (χ0n) is 21.5. The lowest BCUT2D eigenvalue weighted by atomic mass is 10.1. The maximum Gasteiger partial charge on any atom is 0.181 e. The summed E-state index contributed by atoms with van der Waals surface area (Å²) in [5, 5.41) is 4.82. The highest BCUT2D eigenvalue weighted by molar-refractivity contribution is 9.10. The molecule has 0 amide bonds. The number of anilines is 2. The maximum absolute atomic E-state index is 6.17. The SMILES string of the molecule is CC[C@@H]([C@H](C)OCc1ccccc1)n1cnc(-c2ccc(N3CCN(c4ccc(Br)cc4)CC3)cc2)n1. The Bertz CT molecular complexity index is 1250. The van der Waals surface area contributed by atoms with E-state index in [1.54, 1.807) is 0 Å². The first-order valence-electron chi connectivity index (χ1n) is 13.0. The van der Waals surface area contributed by atoms with Crippen LogP contribution in [0.4, 0.5) is 11.4 Å². The second-order valence-electron chi connectivity index (χ2n) is 9.52. The lowest BCUT2D eigenvalue weighted by Crippen LogP contribution is -2.46. The summed E-state index contributed by atoms with van der Waals surface area (Å²) in [6.45, 7) is 8.90. The molecule has 1 fully saturated rings. The van der Waals surface area contributed by atoms with Gasteiger partial charge in [-0.15, -0.1) is 0 Å². The Labute approximate surface area is 228 Å². The summed E-state index contributed by atoms with van der Waals surface area (Å²) in [5.41, 5.74) is 4.74. The molecule has 37 heavy (non-hydrogen) atoms. The second kappa shape index (κ2) is 11.9. The summed E-state index contributed by atoms with van der Waals surface area (Å²) in [7, 11) is 0. The van der Waals surface area contributed by atoms with Gasteiger partial charge in [-0.2, -0.15) is 5.10 Å². The molecule has 0 saturated carbocycles. The Morgan fingerprint density at radius 3 is 2.03 bits per heavy atom. The van der Waals surface area contributed by atoms with Crippen molar-refractivity contribution < 1.29 is 4.74 Å². The molecule has 2 atom stereocenters. The van der Waals surface area contributed by atoms with Crippen molar-refractivity contribution in [3.63, 3.8) is 0 Å². The monoisotopic (exact) mass is 559 g/mol. The van der Waals surface area contributed by atoms with E-state index < -0.39 is 0 Å². The molecule has 192 valence electrons. The number of aromatic nitrogens is 3. The fraction of sp³-hybridized carbons (Fsp3) is 0.333. The Hall–Kier alpha value is -3.16. The molecule has 1 aliphatic rings. The quantitative estimate of drug-likeness (QED) is 0.231. The molecule has 0 unspecified atom stereocenters. The van der Waals surface area contributed by atoms with Crippen LogP contribution in [0.15, 0.2) is 89.7 Å². The third-order valence-electron chi connectivity index (χ3n) is 7.13. The molecule has 3 aromatic carbocycles. The van der Waals surface area contributed by atoms with Crippen molar-refractivity contribution in [1.82, 2.24) is 14.8 Å². The van der Waals surface area contributed by atoms with Gasteiger partial charge in [-0.1, -0.05) is 53.2 Å². The minimum atomic E-state index is 0.0261. The lowest BCUT2D eigenvalue weighted by molar-refractivity contribution is 0.0128. The number of piperazine rings is 1. The van der Waals surface area contributed by atoms with Crippen LogP contribution in [0.5, 0.6) is 0 Å². The van der Waals surface area contributed by atoms with E-state index in [1.165, 1.54) is 16.9 Å². The molecular formula is C30H34BrN5O. The summed E-state index contributed by atoms with van der Waals surface area (Å²) in [4.78, 5) is 9.52. The van der Waals surface area contributed by atoms with E-state index in [-0.39, 0.29) is 12.1 Å². The van der Waals surface area contributed by atoms with Crippen molar-refractivity contribution in [3.05, 3.63) is 95.2 Å². The molecule has 5 rings (SSSR count). The van der Waals surface area contributed by atoms with Crippen LogP contribution in [-0.2, 0) is 11.3 Å². The Balaban J connectivity index is 1.18. The topological polar surface area (TPSA) is 46.4 Å². The molecule has 1 saturated heterocycles. The first-order chi connectivity index (χ1) is 18.1. The number of benzene rings is 3. The maximum atomic E-state index is 6.17. The van der Waals surface area contributed by atoms with E-state index in [9.17, 15) is 0 Å². The smallest absolute Gasteiger partial charge is 0.181 e. The molecule has 2 heterocycles. The number of halogens is 1. The third kappa shape index (κ3) is 6.22. The van der Waals surface area contributed by atoms with Gasteiger partial charge in [0.2, 0.25) is 0 Å². The number of hydrogen-bond acceptors (Lipinski definition) is 5. The van der Waals surface area contributed by atoms with Crippen molar-refractivity contribution in [2.75, 3.05) is 36.0 Å². The molecule has 6 nitrogen and oxygen atoms in total. The van der Waals surface area contributed by atoms with Gasteiger partial charge in [0.15, 0.2) is 5.82 Å².